The first-order valence-corrected chi connectivity index (χ1v) is 5.56. The van der Waals surface area contributed by atoms with Crippen molar-refractivity contribution in [1.82, 2.24) is 5.16 Å². The van der Waals surface area contributed by atoms with Crippen molar-refractivity contribution in [3.63, 3.8) is 0 Å². The van der Waals surface area contributed by atoms with Gasteiger partial charge in [0.05, 0.1) is 17.7 Å². The topological polar surface area (TPSA) is 72.6 Å². The monoisotopic (exact) mass is 285 g/mol. The Labute approximate surface area is 112 Å². The molecule has 0 atom stereocenters. The van der Waals surface area contributed by atoms with Crippen LogP contribution in [-0.4, -0.2) is 23.3 Å². The number of hydrogen-bond donors (Lipinski definition) is 1. The fraction of sp³-hybridized carbons (Fsp3) is 0.167. The number of benzene rings is 1. The molecule has 7 heteroatoms. The third-order valence-electron chi connectivity index (χ3n) is 2.54. The van der Waals surface area contributed by atoms with Gasteiger partial charge in [0.1, 0.15) is 11.4 Å². The third kappa shape index (κ3) is 2.26. The van der Waals surface area contributed by atoms with Crippen molar-refractivity contribution in [2.24, 2.45) is 0 Å². The van der Waals surface area contributed by atoms with Crippen molar-refractivity contribution in [3.8, 4) is 17.0 Å². The predicted octanol–water partition coefficient (Wildman–Crippen LogP) is 3.15. The quantitative estimate of drug-likeness (QED) is 0.938. The Morgan fingerprint density at radius 3 is 2.74 bits per heavy atom. The predicted molar refractivity (Wildman–Crippen MR) is 65.2 cm³/mol. The summed E-state index contributed by atoms with van der Waals surface area (Å²) in [6, 6.07) is 2.52. The number of aromatic carboxylic acids is 1. The first-order chi connectivity index (χ1) is 8.95. The highest BCUT2D eigenvalue weighted by atomic mass is 35.5. The van der Waals surface area contributed by atoms with Crippen LogP contribution in [0.5, 0.6) is 5.75 Å². The van der Waals surface area contributed by atoms with Gasteiger partial charge in [0.25, 0.3) is 0 Å². The second-order valence-corrected chi connectivity index (χ2v) is 4.19. The Morgan fingerprint density at radius 1 is 1.53 bits per heavy atom. The lowest BCUT2D eigenvalue weighted by Gasteiger charge is -2.11. The molecule has 0 bridgehead atoms. The molecule has 1 aromatic carbocycles. The standard InChI is InChI=1S/C12H9ClFNO4/c1-5-3-6(13)10(14)9(11(5)18-2)7-4-8(12(16)17)19-15-7/h3-4H,1-2H3,(H,16,17). The second-order valence-electron chi connectivity index (χ2n) is 3.78. The minimum Gasteiger partial charge on any atom is -0.496 e. The lowest BCUT2D eigenvalue weighted by Crippen LogP contribution is -1.96. The van der Waals surface area contributed by atoms with Crippen LogP contribution in [0.1, 0.15) is 16.1 Å². The molecular formula is C12H9ClFNO4. The summed E-state index contributed by atoms with van der Waals surface area (Å²) >= 11 is 5.76. The van der Waals surface area contributed by atoms with Gasteiger partial charge >= 0.3 is 5.97 Å². The van der Waals surface area contributed by atoms with Gasteiger partial charge in [-0.05, 0) is 18.6 Å². The average molecular weight is 286 g/mol. The van der Waals surface area contributed by atoms with Gasteiger partial charge in [-0.15, -0.1) is 0 Å². The molecule has 1 aromatic heterocycles. The molecule has 2 aromatic rings. The lowest BCUT2D eigenvalue weighted by atomic mass is 10.1. The number of nitrogens with zero attached hydrogens (tertiary/aromatic N) is 1. The minimum atomic E-state index is -1.29. The highest BCUT2D eigenvalue weighted by Crippen LogP contribution is 2.38. The van der Waals surface area contributed by atoms with Crippen molar-refractivity contribution in [3.05, 3.63) is 34.3 Å². The molecule has 0 aliphatic heterocycles. The Morgan fingerprint density at radius 2 is 2.21 bits per heavy atom. The number of ether oxygens (including phenoxy) is 1. The third-order valence-corrected chi connectivity index (χ3v) is 2.81. The van der Waals surface area contributed by atoms with E-state index in [0.717, 1.165) is 6.07 Å². The maximum atomic E-state index is 14.1. The van der Waals surface area contributed by atoms with E-state index in [1.54, 1.807) is 6.92 Å². The van der Waals surface area contributed by atoms with Crippen LogP contribution in [0.2, 0.25) is 5.02 Å². The van der Waals surface area contributed by atoms with E-state index in [1.165, 1.54) is 13.2 Å². The lowest BCUT2D eigenvalue weighted by molar-refractivity contribution is 0.0652. The van der Waals surface area contributed by atoms with E-state index in [2.05, 4.69) is 9.68 Å². The molecule has 0 radical (unpaired) electrons. The molecule has 0 saturated heterocycles. The largest absolute Gasteiger partial charge is 0.496 e. The van der Waals surface area contributed by atoms with Crippen LogP contribution in [0.15, 0.2) is 16.7 Å². The van der Waals surface area contributed by atoms with Gasteiger partial charge in [-0.3, -0.25) is 0 Å². The molecule has 5 nitrogen and oxygen atoms in total. The zero-order valence-electron chi connectivity index (χ0n) is 10.0. The number of aryl methyl sites for hydroxylation is 1. The van der Waals surface area contributed by atoms with Crippen LogP contribution >= 0.6 is 11.6 Å². The molecule has 1 heterocycles. The maximum Gasteiger partial charge on any atom is 0.374 e. The number of aromatic nitrogens is 1. The summed E-state index contributed by atoms with van der Waals surface area (Å²) in [5.74, 6) is -2.20. The number of carbonyl (C=O) groups is 1. The van der Waals surface area contributed by atoms with Crippen molar-refractivity contribution >= 4 is 17.6 Å². The Balaban J connectivity index is 2.69. The van der Waals surface area contributed by atoms with E-state index in [-0.39, 0.29) is 22.0 Å². The van der Waals surface area contributed by atoms with Gasteiger partial charge < -0.3 is 14.4 Å². The van der Waals surface area contributed by atoms with Gasteiger partial charge in [0.2, 0.25) is 5.76 Å². The summed E-state index contributed by atoms with van der Waals surface area (Å²) in [6.45, 7) is 1.69. The summed E-state index contributed by atoms with van der Waals surface area (Å²) in [5.41, 5.74) is 0.588. The number of rotatable bonds is 3. The number of carboxylic acids is 1. The number of halogens is 2. The van der Waals surface area contributed by atoms with Crippen LogP contribution in [0.3, 0.4) is 0 Å². The van der Waals surface area contributed by atoms with E-state index in [1.807, 2.05) is 0 Å². The van der Waals surface area contributed by atoms with Crippen molar-refractivity contribution in [2.45, 2.75) is 6.92 Å². The summed E-state index contributed by atoms with van der Waals surface area (Å²) < 4.78 is 23.8. The molecule has 0 aliphatic carbocycles. The SMILES string of the molecule is COc1c(C)cc(Cl)c(F)c1-c1cc(C(=O)O)on1. The van der Waals surface area contributed by atoms with Gasteiger partial charge in [0, 0.05) is 6.07 Å². The molecule has 100 valence electrons. The zero-order chi connectivity index (χ0) is 14.2. The van der Waals surface area contributed by atoms with Crippen LogP contribution in [0.25, 0.3) is 11.3 Å². The van der Waals surface area contributed by atoms with Gasteiger partial charge in [-0.2, -0.15) is 0 Å². The molecule has 0 fully saturated rings. The van der Waals surface area contributed by atoms with E-state index in [0.29, 0.717) is 5.56 Å². The summed E-state index contributed by atoms with van der Waals surface area (Å²) in [5, 5.41) is 12.2. The second kappa shape index (κ2) is 4.89. The van der Waals surface area contributed by atoms with E-state index in [9.17, 15) is 9.18 Å². The minimum absolute atomic E-state index is 0.0114. The summed E-state index contributed by atoms with van der Waals surface area (Å²) in [4.78, 5) is 10.7. The zero-order valence-corrected chi connectivity index (χ0v) is 10.8. The average Bonchev–Trinajstić information content (AvgIpc) is 2.82. The van der Waals surface area contributed by atoms with E-state index in [4.69, 9.17) is 21.4 Å². The number of methoxy groups -OCH3 is 1. The van der Waals surface area contributed by atoms with Gasteiger partial charge in [-0.1, -0.05) is 16.8 Å². The first-order valence-electron chi connectivity index (χ1n) is 5.18. The molecule has 1 N–H and O–H groups in total. The summed E-state index contributed by atoms with van der Waals surface area (Å²) in [6.07, 6.45) is 0. The molecule has 0 aliphatic rings. The Bertz CT molecular complexity index is 653. The number of hydrogen-bond acceptors (Lipinski definition) is 4. The highest BCUT2D eigenvalue weighted by Gasteiger charge is 2.22. The van der Waals surface area contributed by atoms with Crippen LogP contribution in [0.4, 0.5) is 4.39 Å². The van der Waals surface area contributed by atoms with Crippen LogP contribution in [-0.2, 0) is 0 Å². The smallest absolute Gasteiger partial charge is 0.374 e. The van der Waals surface area contributed by atoms with Gasteiger partial charge in [-0.25, -0.2) is 9.18 Å². The highest BCUT2D eigenvalue weighted by molar-refractivity contribution is 6.31. The molecule has 0 saturated carbocycles. The number of carboxylic acid groups (broad SMARTS) is 1. The van der Waals surface area contributed by atoms with Crippen molar-refractivity contribution in [2.75, 3.05) is 7.11 Å². The normalized spacial score (nSPS) is 10.5. The molecule has 19 heavy (non-hydrogen) atoms. The van der Waals surface area contributed by atoms with Gasteiger partial charge in [0.15, 0.2) is 5.82 Å². The summed E-state index contributed by atoms with van der Waals surface area (Å²) in [7, 11) is 1.37. The van der Waals surface area contributed by atoms with E-state index < -0.39 is 17.5 Å². The van der Waals surface area contributed by atoms with E-state index >= 15 is 0 Å². The van der Waals surface area contributed by atoms with Crippen molar-refractivity contribution in [1.29, 1.82) is 0 Å². The fourth-order valence-corrected chi connectivity index (χ4v) is 1.98. The molecular weight excluding hydrogens is 277 g/mol. The Kier molecular flexibility index (Phi) is 3.44. The van der Waals surface area contributed by atoms with Crippen LogP contribution in [0, 0.1) is 12.7 Å². The van der Waals surface area contributed by atoms with Crippen LogP contribution < -0.4 is 4.74 Å². The van der Waals surface area contributed by atoms with Crippen molar-refractivity contribution < 1.29 is 23.6 Å². The molecule has 0 amide bonds. The Hall–Kier alpha value is -2.08. The fourth-order valence-electron chi connectivity index (χ4n) is 1.72. The molecule has 0 unspecified atom stereocenters. The maximum absolute atomic E-state index is 14.1. The molecule has 0 spiro atoms. The first kappa shape index (κ1) is 13.4. The molecule has 2 rings (SSSR count).